The van der Waals surface area contributed by atoms with Crippen LogP contribution in [0.25, 0.3) is 0 Å². The predicted molar refractivity (Wildman–Crippen MR) is 123 cm³/mol. The molecule has 210 valence electrons. The van der Waals surface area contributed by atoms with Gasteiger partial charge in [-0.3, -0.25) is 4.79 Å². The Kier molecular flexibility index (Phi) is 5.89. The molecule has 0 aromatic carbocycles. The lowest BCUT2D eigenvalue weighted by atomic mass is 9.45. The minimum absolute atomic E-state index is 0.0258. The van der Waals surface area contributed by atoms with Gasteiger partial charge in [-0.2, -0.15) is 13.2 Å². The van der Waals surface area contributed by atoms with E-state index in [1.165, 1.54) is 0 Å². The second-order valence-corrected chi connectivity index (χ2v) is 12.0. The molecule has 0 aromatic heterocycles. The fourth-order valence-corrected chi connectivity index (χ4v) is 9.15. The highest BCUT2D eigenvalue weighted by Gasteiger charge is 2.77. The Morgan fingerprint density at radius 2 is 1.92 bits per heavy atom. The van der Waals surface area contributed by atoms with Gasteiger partial charge in [0.1, 0.15) is 24.6 Å². The number of rotatable bonds is 3. The zero-order valence-corrected chi connectivity index (χ0v) is 21.7. The third-order valence-electron chi connectivity index (χ3n) is 10.7. The number of ether oxygens (including phenoxy) is 6. The summed E-state index contributed by atoms with van der Waals surface area (Å²) in [6, 6.07) is 0. The van der Waals surface area contributed by atoms with Gasteiger partial charge in [0, 0.05) is 23.2 Å². The van der Waals surface area contributed by atoms with Gasteiger partial charge >= 0.3 is 12.1 Å². The molecule has 11 heteroatoms. The van der Waals surface area contributed by atoms with Crippen LogP contribution in [-0.4, -0.2) is 63.2 Å². The SMILES string of the molecule is COC1=CC2=C(C=O)C[C@@H]3[C@H]([C@H](OC(=O)C(F)(F)F)C[C@@]4(C)[C@@H]3CC[C@@]43OCO[C@]34COCO4)[C@@]2(C)CC1. The van der Waals surface area contributed by atoms with Crippen LogP contribution >= 0.6 is 0 Å². The van der Waals surface area contributed by atoms with Gasteiger partial charge in [0.2, 0.25) is 5.79 Å². The molecule has 0 radical (unpaired) electrons. The molecular formula is C27H33F3O8. The van der Waals surface area contributed by atoms with Gasteiger partial charge in [-0.05, 0) is 61.2 Å². The highest BCUT2D eigenvalue weighted by Crippen LogP contribution is 2.72. The molecule has 0 bridgehead atoms. The van der Waals surface area contributed by atoms with Crippen molar-refractivity contribution in [2.24, 2.45) is 28.6 Å². The summed E-state index contributed by atoms with van der Waals surface area (Å²) in [7, 11) is 1.56. The van der Waals surface area contributed by atoms with Crippen LogP contribution in [0.4, 0.5) is 13.2 Å². The number of alkyl halides is 3. The number of aldehydes is 1. The van der Waals surface area contributed by atoms with Crippen LogP contribution < -0.4 is 0 Å². The van der Waals surface area contributed by atoms with Gasteiger partial charge in [0.25, 0.3) is 0 Å². The van der Waals surface area contributed by atoms with E-state index in [0.29, 0.717) is 37.7 Å². The first-order valence-electron chi connectivity index (χ1n) is 13.2. The van der Waals surface area contributed by atoms with Crippen molar-refractivity contribution in [3.05, 3.63) is 23.0 Å². The van der Waals surface area contributed by atoms with Crippen molar-refractivity contribution in [1.29, 1.82) is 0 Å². The minimum Gasteiger partial charge on any atom is -0.501 e. The van der Waals surface area contributed by atoms with Gasteiger partial charge in [0.05, 0.1) is 12.9 Å². The van der Waals surface area contributed by atoms with E-state index < -0.39 is 46.4 Å². The van der Waals surface area contributed by atoms with Gasteiger partial charge < -0.3 is 28.4 Å². The molecule has 4 aliphatic carbocycles. The number of carbonyl (C=O) groups is 2. The molecule has 0 aromatic rings. The quantitative estimate of drug-likeness (QED) is 0.388. The molecule has 2 spiro atoms. The lowest BCUT2D eigenvalue weighted by molar-refractivity contribution is -0.262. The van der Waals surface area contributed by atoms with Crippen LogP contribution in [-0.2, 0) is 38.0 Å². The summed E-state index contributed by atoms with van der Waals surface area (Å²) >= 11 is 0. The maximum atomic E-state index is 13.5. The number of hydrogen-bond donors (Lipinski definition) is 0. The molecule has 0 N–H and O–H groups in total. The maximum absolute atomic E-state index is 13.5. The molecule has 0 unspecified atom stereocenters. The van der Waals surface area contributed by atoms with Crippen LogP contribution in [0.1, 0.15) is 52.4 Å². The molecule has 2 aliphatic heterocycles. The zero-order valence-electron chi connectivity index (χ0n) is 21.7. The number of methoxy groups -OCH3 is 1. The molecule has 8 atom stereocenters. The van der Waals surface area contributed by atoms with Gasteiger partial charge in [-0.15, -0.1) is 0 Å². The van der Waals surface area contributed by atoms with Crippen LogP contribution in [0.5, 0.6) is 0 Å². The van der Waals surface area contributed by atoms with E-state index in [-0.39, 0.29) is 38.4 Å². The Morgan fingerprint density at radius 3 is 2.58 bits per heavy atom. The molecule has 6 aliphatic rings. The molecule has 38 heavy (non-hydrogen) atoms. The number of halogens is 3. The summed E-state index contributed by atoms with van der Waals surface area (Å²) < 4.78 is 75.3. The Labute approximate surface area is 218 Å². The molecule has 6 rings (SSSR count). The lowest BCUT2D eigenvalue weighted by Crippen LogP contribution is -2.66. The largest absolute Gasteiger partial charge is 0.501 e. The fraction of sp³-hybridized carbons (Fsp3) is 0.778. The van der Waals surface area contributed by atoms with E-state index in [1.54, 1.807) is 7.11 Å². The first kappa shape index (κ1) is 26.3. The first-order chi connectivity index (χ1) is 17.9. The molecule has 0 amide bonds. The smallest absolute Gasteiger partial charge is 0.490 e. The van der Waals surface area contributed by atoms with E-state index in [4.69, 9.17) is 28.4 Å². The van der Waals surface area contributed by atoms with Crippen molar-refractivity contribution in [2.75, 3.05) is 27.3 Å². The topological polar surface area (TPSA) is 89.5 Å². The lowest BCUT2D eigenvalue weighted by Gasteiger charge is -2.61. The number of carbonyl (C=O) groups excluding carboxylic acids is 2. The standard InChI is InChI=1S/C27H33F3O8/c1-23-6-4-16(33-3)9-19(23)15(11-31)8-17-18-5-7-25(26(37-14-35-25)12-34-13-36-26)24(18,2)10-20(21(17)23)38-22(32)27(28,29)30/h9,11,17-18,20-21H,4-8,10,12-14H2,1-3H3/t17-,18+,20+,21+,23-,24-,25+,26+/m0/s1. The second kappa shape index (κ2) is 8.52. The summed E-state index contributed by atoms with van der Waals surface area (Å²) in [5.41, 5.74) is -1.04. The van der Waals surface area contributed by atoms with Crippen LogP contribution in [0.3, 0.4) is 0 Å². The molecule has 2 saturated heterocycles. The third-order valence-corrected chi connectivity index (χ3v) is 10.7. The number of allylic oxidation sites excluding steroid dienone is 4. The number of hydrogen-bond acceptors (Lipinski definition) is 8. The fourth-order valence-electron chi connectivity index (χ4n) is 9.15. The highest BCUT2D eigenvalue weighted by molar-refractivity contribution is 5.78. The van der Waals surface area contributed by atoms with Crippen LogP contribution in [0.15, 0.2) is 23.0 Å². The van der Waals surface area contributed by atoms with Crippen molar-refractivity contribution in [2.45, 2.75) is 76.0 Å². The highest BCUT2D eigenvalue weighted by atomic mass is 19.4. The van der Waals surface area contributed by atoms with Crippen molar-refractivity contribution in [3.63, 3.8) is 0 Å². The number of fused-ring (bicyclic) bond motifs is 7. The van der Waals surface area contributed by atoms with Gasteiger partial charge in [-0.25, -0.2) is 4.79 Å². The number of esters is 1. The molecule has 2 heterocycles. The van der Waals surface area contributed by atoms with E-state index in [1.807, 2.05) is 19.9 Å². The maximum Gasteiger partial charge on any atom is 0.490 e. The molecule has 4 fully saturated rings. The van der Waals surface area contributed by atoms with Crippen LogP contribution in [0.2, 0.25) is 0 Å². The monoisotopic (exact) mass is 542 g/mol. The van der Waals surface area contributed by atoms with Crippen LogP contribution in [0, 0.1) is 28.6 Å². The zero-order chi connectivity index (χ0) is 27.1. The van der Waals surface area contributed by atoms with Crippen molar-refractivity contribution < 1.29 is 51.2 Å². The molecule has 8 nitrogen and oxygen atoms in total. The predicted octanol–water partition coefficient (Wildman–Crippen LogP) is 4.19. The van der Waals surface area contributed by atoms with Crippen molar-refractivity contribution >= 4 is 12.3 Å². The van der Waals surface area contributed by atoms with E-state index in [2.05, 4.69) is 0 Å². The second-order valence-electron chi connectivity index (χ2n) is 12.0. The summed E-state index contributed by atoms with van der Waals surface area (Å²) in [6.45, 7) is 4.11. The Balaban J connectivity index is 1.49. The van der Waals surface area contributed by atoms with Crippen molar-refractivity contribution in [1.82, 2.24) is 0 Å². The van der Waals surface area contributed by atoms with Crippen molar-refractivity contribution in [3.8, 4) is 0 Å². The van der Waals surface area contributed by atoms with Gasteiger partial charge in [0.15, 0.2) is 13.6 Å². The minimum atomic E-state index is -5.13. The summed E-state index contributed by atoms with van der Waals surface area (Å²) in [5, 5.41) is 0. The Hall–Kier alpha value is -1.95. The Morgan fingerprint density at radius 1 is 1.16 bits per heavy atom. The molecular weight excluding hydrogens is 509 g/mol. The average molecular weight is 543 g/mol. The van der Waals surface area contributed by atoms with E-state index in [9.17, 15) is 22.8 Å². The Bertz CT molecular complexity index is 1090. The van der Waals surface area contributed by atoms with Gasteiger partial charge in [-0.1, -0.05) is 13.8 Å². The first-order valence-corrected chi connectivity index (χ1v) is 13.2. The summed E-state index contributed by atoms with van der Waals surface area (Å²) in [6.07, 6.45) is -0.558. The van der Waals surface area contributed by atoms with E-state index >= 15 is 0 Å². The normalized spacial score (nSPS) is 46.0. The third kappa shape index (κ3) is 3.31. The average Bonchev–Trinajstić information content (AvgIpc) is 3.57. The summed E-state index contributed by atoms with van der Waals surface area (Å²) in [4.78, 5) is 24.7. The molecule has 2 saturated carbocycles. The van der Waals surface area contributed by atoms with E-state index in [0.717, 1.165) is 17.6 Å². The summed E-state index contributed by atoms with van der Waals surface area (Å²) in [5.74, 6) is -3.33.